The molecule has 0 radical (unpaired) electrons. The van der Waals surface area contributed by atoms with E-state index in [-0.39, 0.29) is 18.4 Å². The Labute approximate surface area is 157 Å². The molecule has 2 aliphatic heterocycles. The summed E-state index contributed by atoms with van der Waals surface area (Å²) in [7, 11) is 0. The number of imide groups is 1. The number of aromatic nitrogens is 2. The van der Waals surface area contributed by atoms with E-state index in [1.807, 2.05) is 13.0 Å². The number of aryl methyl sites for hydroxylation is 1. The predicted molar refractivity (Wildman–Crippen MR) is 96.5 cm³/mol. The molecule has 0 bridgehead atoms. The van der Waals surface area contributed by atoms with E-state index >= 15 is 0 Å². The monoisotopic (exact) mass is 369 g/mol. The van der Waals surface area contributed by atoms with Crippen LogP contribution in [0.15, 0.2) is 35.1 Å². The van der Waals surface area contributed by atoms with Crippen LogP contribution in [-0.2, 0) is 23.3 Å². The molecule has 3 amide bonds. The lowest BCUT2D eigenvalue weighted by Gasteiger charge is -2.37. The topological polar surface area (TPSA) is 100 Å². The summed E-state index contributed by atoms with van der Waals surface area (Å²) < 4.78 is 5.29. The van der Waals surface area contributed by atoms with Crippen LogP contribution in [0.25, 0.3) is 0 Å². The van der Waals surface area contributed by atoms with Crippen LogP contribution in [0.4, 0.5) is 4.79 Å². The lowest BCUT2D eigenvalue weighted by Crippen LogP contribution is -2.53. The summed E-state index contributed by atoms with van der Waals surface area (Å²) >= 11 is 0. The molecule has 2 N–H and O–H groups in total. The Kier molecular flexibility index (Phi) is 4.65. The van der Waals surface area contributed by atoms with Crippen molar-refractivity contribution in [2.24, 2.45) is 5.92 Å². The maximum absolute atomic E-state index is 13.6. The third-order valence-electron chi connectivity index (χ3n) is 5.48. The van der Waals surface area contributed by atoms with Gasteiger partial charge in [-0.15, -0.1) is 0 Å². The Morgan fingerprint density at radius 1 is 1.33 bits per heavy atom. The number of rotatable bonds is 5. The van der Waals surface area contributed by atoms with Crippen LogP contribution in [0, 0.1) is 5.92 Å². The van der Waals surface area contributed by atoms with Gasteiger partial charge in [-0.25, -0.2) is 4.79 Å². The molecule has 4 rings (SSSR count). The van der Waals surface area contributed by atoms with E-state index < -0.39 is 11.6 Å². The fourth-order valence-electron chi connectivity index (χ4n) is 4.05. The second-order valence-corrected chi connectivity index (χ2v) is 7.03. The Morgan fingerprint density at radius 2 is 2.15 bits per heavy atom. The number of nitrogens with one attached hydrogen (secondary N) is 2. The molecule has 142 valence electrons. The minimum absolute atomic E-state index is 0.00493. The summed E-state index contributed by atoms with van der Waals surface area (Å²) in [5, 5.41) is 10.3. The Bertz CT molecular complexity index is 831. The van der Waals surface area contributed by atoms with Crippen molar-refractivity contribution in [3.05, 3.63) is 47.6 Å². The highest BCUT2D eigenvalue weighted by Gasteiger charge is 2.57. The van der Waals surface area contributed by atoms with Crippen LogP contribution >= 0.6 is 0 Å². The Morgan fingerprint density at radius 3 is 2.81 bits per heavy atom. The molecule has 2 aromatic rings. The van der Waals surface area contributed by atoms with Crippen LogP contribution < -0.4 is 10.6 Å². The quantitative estimate of drug-likeness (QED) is 0.776. The number of piperidine rings is 1. The molecule has 8 heteroatoms. The largest absolute Gasteiger partial charge is 0.359 e. The van der Waals surface area contributed by atoms with Gasteiger partial charge < -0.3 is 15.2 Å². The smallest absolute Gasteiger partial charge is 0.325 e. The molecule has 1 atom stereocenters. The van der Waals surface area contributed by atoms with Crippen LogP contribution in [0.5, 0.6) is 0 Å². The minimum Gasteiger partial charge on any atom is -0.359 e. The molecule has 4 heterocycles. The molecule has 0 saturated carbocycles. The number of amides is 3. The molecule has 0 spiro atoms. The third kappa shape index (κ3) is 2.99. The van der Waals surface area contributed by atoms with Crippen molar-refractivity contribution in [2.75, 3.05) is 13.1 Å². The first kappa shape index (κ1) is 17.7. The lowest BCUT2D eigenvalue weighted by atomic mass is 9.74. The third-order valence-corrected chi connectivity index (χ3v) is 5.48. The van der Waals surface area contributed by atoms with Crippen molar-refractivity contribution in [3.63, 3.8) is 0 Å². The molecule has 0 unspecified atom stereocenters. The van der Waals surface area contributed by atoms with Crippen molar-refractivity contribution in [3.8, 4) is 0 Å². The molecule has 2 fully saturated rings. The summed E-state index contributed by atoms with van der Waals surface area (Å²) in [6.45, 7) is 3.68. The fraction of sp³-hybridized carbons (Fsp3) is 0.474. The van der Waals surface area contributed by atoms with Gasteiger partial charge >= 0.3 is 6.03 Å². The molecule has 0 aromatic carbocycles. The highest BCUT2D eigenvalue weighted by molar-refractivity contribution is 6.07. The average molecular weight is 369 g/mol. The van der Waals surface area contributed by atoms with Gasteiger partial charge in [0.15, 0.2) is 11.3 Å². The normalized spacial score (nSPS) is 23.7. The van der Waals surface area contributed by atoms with Gasteiger partial charge in [0.05, 0.1) is 12.2 Å². The molecule has 2 aromatic heterocycles. The van der Waals surface area contributed by atoms with Gasteiger partial charge in [0.25, 0.3) is 5.91 Å². The summed E-state index contributed by atoms with van der Waals surface area (Å²) in [6, 6.07) is 5.04. The van der Waals surface area contributed by atoms with Gasteiger partial charge in [-0.1, -0.05) is 18.1 Å². The second-order valence-electron chi connectivity index (χ2n) is 7.03. The van der Waals surface area contributed by atoms with Crippen LogP contribution in [0.2, 0.25) is 0 Å². The van der Waals surface area contributed by atoms with E-state index in [0.717, 1.165) is 43.6 Å². The average Bonchev–Trinajstić information content (AvgIpc) is 3.28. The number of hydrogen-bond acceptors (Lipinski definition) is 6. The van der Waals surface area contributed by atoms with Gasteiger partial charge in [-0.3, -0.25) is 14.7 Å². The van der Waals surface area contributed by atoms with Crippen molar-refractivity contribution in [1.29, 1.82) is 0 Å². The van der Waals surface area contributed by atoms with Crippen molar-refractivity contribution in [1.82, 2.24) is 25.7 Å². The summed E-state index contributed by atoms with van der Waals surface area (Å²) in [4.78, 5) is 31.8. The van der Waals surface area contributed by atoms with Gasteiger partial charge in [-0.05, 0) is 44.3 Å². The highest BCUT2D eigenvalue weighted by Crippen LogP contribution is 2.40. The molecule has 0 aliphatic carbocycles. The van der Waals surface area contributed by atoms with Crippen molar-refractivity contribution >= 4 is 11.9 Å². The zero-order valence-corrected chi connectivity index (χ0v) is 15.3. The highest BCUT2D eigenvalue weighted by atomic mass is 16.5. The van der Waals surface area contributed by atoms with Crippen LogP contribution in [0.3, 0.4) is 0 Å². The summed E-state index contributed by atoms with van der Waals surface area (Å²) in [5.41, 5.74) is 0.444. The first-order valence-electron chi connectivity index (χ1n) is 9.35. The first-order valence-corrected chi connectivity index (χ1v) is 9.35. The number of nitrogens with zero attached hydrogens (tertiary/aromatic N) is 3. The lowest BCUT2D eigenvalue weighted by molar-refractivity contribution is -0.134. The van der Waals surface area contributed by atoms with Crippen molar-refractivity contribution in [2.45, 2.75) is 38.3 Å². The van der Waals surface area contributed by atoms with E-state index in [4.69, 9.17) is 4.52 Å². The SMILES string of the molecule is CCc1cc(CN2C(=O)N[C@@](c3cccnc3)(C3CCNCC3)C2=O)on1. The minimum atomic E-state index is -1.08. The Balaban J connectivity index is 1.69. The van der Waals surface area contributed by atoms with Gasteiger partial charge in [0.2, 0.25) is 0 Å². The fourth-order valence-corrected chi connectivity index (χ4v) is 4.05. The number of carbonyl (C=O) groups is 2. The summed E-state index contributed by atoms with van der Waals surface area (Å²) in [6.07, 6.45) is 5.68. The van der Waals surface area contributed by atoms with E-state index in [1.165, 1.54) is 4.90 Å². The van der Waals surface area contributed by atoms with E-state index in [9.17, 15) is 9.59 Å². The number of pyridine rings is 1. The van der Waals surface area contributed by atoms with Crippen molar-refractivity contribution < 1.29 is 14.1 Å². The molecule has 27 heavy (non-hydrogen) atoms. The maximum Gasteiger partial charge on any atom is 0.325 e. The van der Waals surface area contributed by atoms with E-state index in [2.05, 4.69) is 20.8 Å². The number of hydrogen-bond donors (Lipinski definition) is 2. The van der Waals surface area contributed by atoms with Gasteiger partial charge in [0.1, 0.15) is 0 Å². The standard InChI is InChI=1S/C19H23N5O3/c1-2-15-10-16(27-23-15)12-24-17(25)19(22-18(24)26,13-5-8-20-9-6-13)14-4-3-7-21-11-14/h3-4,7,10-11,13,20H,2,5-6,8-9,12H2,1H3,(H,22,26)/t19-/m1/s1. The zero-order chi connectivity index (χ0) is 18.9. The van der Waals surface area contributed by atoms with Crippen LogP contribution in [0.1, 0.15) is 36.8 Å². The molecule has 2 aliphatic rings. The Hall–Kier alpha value is -2.74. The predicted octanol–water partition coefficient (Wildman–Crippen LogP) is 1.58. The molecule has 2 saturated heterocycles. The zero-order valence-electron chi connectivity index (χ0n) is 15.3. The number of carbonyl (C=O) groups excluding carboxylic acids is 2. The molecular formula is C19H23N5O3. The van der Waals surface area contributed by atoms with E-state index in [0.29, 0.717) is 5.76 Å². The number of urea groups is 1. The van der Waals surface area contributed by atoms with E-state index in [1.54, 1.807) is 24.5 Å². The maximum atomic E-state index is 13.6. The molecule has 8 nitrogen and oxygen atoms in total. The second kappa shape index (κ2) is 7.11. The molecular weight excluding hydrogens is 346 g/mol. The first-order chi connectivity index (χ1) is 13.1. The summed E-state index contributed by atoms with van der Waals surface area (Å²) in [5.74, 6) is 0.259. The van der Waals surface area contributed by atoms with Gasteiger partial charge in [0, 0.05) is 24.0 Å². The van der Waals surface area contributed by atoms with Gasteiger partial charge in [-0.2, -0.15) is 0 Å². The van der Waals surface area contributed by atoms with Crippen LogP contribution in [-0.4, -0.2) is 40.1 Å².